The molecule has 0 unspecified atom stereocenters. The molecule has 150 valence electrons. The molecule has 0 radical (unpaired) electrons. The lowest BCUT2D eigenvalue weighted by atomic mass is 10.0. The molecule has 4 rings (SSSR count). The molecule has 0 saturated carbocycles. The second kappa shape index (κ2) is 8.39. The van der Waals surface area contributed by atoms with Crippen LogP contribution in [0.3, 0.4) is 0 Å². The third-order valence-electron chi connectivity index (χ3n) is 4.74. The average Bonchev–Trinajstić information content (AvgIpc) is 3.29. The number of benzene rings is 3. The van der Waals surface area contributed by atoms with Crippen LogP contribution in [0.4, 0.5) is 0 Å². The smallest absolute Gasteiger partial charge is 0.335 e. The number of aromatic nitrogens is 1. The van der Waals surface area contributed by atoms with Gasteiger partial charge in [-0.1, -0.05) is 30.3 Å². The van der Waals surface area contributed by atoms with Gasteiger partial charge in [-0.3, -0.25) is 0 Å². The molecule has 30 heavy (non-hydrogen) atoms. The summed E-state index contributed by atoms with van der Waals surface area (Å²) < 4.78 is 10.7. The normalized spacial score (nSPS) is 10.6. The van der Waals surface area contributed by atoms with Crippen LogP contribution in [0.25, 0.3) is 33.0 Å². The van der Waals surface area contributed by atoms with Gasteiger partial charge in [-0.05, 0) is 47.5 Å². The van der Waals surface area contributed by atoms with Crippen LogP contribution in [0.1, 0.15) is 10.4 Å². The molecule has 5 nitrogen and oxygen atoms in total. The van der Waals surface area contributed by atoms with E-state index in [-0.39, 0.29) is 5.56 Å². The summed E-state index contributed by atoms with van der Waals surface area (Å²) in [5.74, 6) is 0.397. The van der Waals surface area contributed by atoms with Crippen LogP contribution in [0.2, 0.25) is 0 Å². The molecular formula is C24H19NO4S. The maximum absolute atomic E-state index is 11.3. The zero-order chi connectivity index (χ0) is 21.1. The molecule has 1 heterocycles. The van der Waals surface area contributed by atoms with Gasteiger partial charge in [-0.2, -0.15) is 0 Å². The number of aromatic carboxylic acids is 1. The van der Waals surface area contributed by atoms with Crippen molar-refractivity contribution in [2.75, 3.05) is 14.2 Å². The zero-order valence-electron chi connectivity index (χ0n) is 16.5. The molecule has 1 aromatic heterocycles. The monoisotopic (exact) mass is 417 g/mol. The molecule has 3 aromatic carbocycles. The third-order valence-corrected chi connectivity index (χ3v) is 5.63. The number of carboxylic acids is 1. The Kier molecular flexibility index (Phi) is 5.50. The lowest BCUT2D eigenvalue weighted by Gasteiger charge is -2.08. The molecule has 0 saturated heterocycles. The summed E-state index contributed by atoms with van der Waals surface area (Å²) in [6.07, 6.45) is 0. The SMILES string of the molecule is COc1ccc(-c2nc(-c3cccc(-c4cccc(C(=O)O)c4)c3)cs2)cc1OC. The van der Waals surface area contributed by atoms with Crippen LogP contribution >= 0.6 is 11.3 Å². The van der Waals surface area contributed by atoms with Gasteiger partial charge < -0.3 is 14.6 Å². The number of ether oxygens (including phenoxy) is 2. The van der Waals surface area contributed by atoms with Crippen LogP contribution in [0, 0.1) is 0 Å². The lowest BCUT2D eigenvalue weighted by molar-refractivity contribution is 0.0697. The van der Waals surface area contributed by atoms with Crippen LogP contribution < -0.4 is 9.47 Å². The molecule has 0 amide bonds. The number of carboxylic acid groups (broad SMARTS) is 1. The zero-order valence-corrected chi connectivity index (χ0v) is 17.3. The van der Waals surface area contributed by atoms with Crippen LogP contribution in [0.15, 0.2) is 72.1 Å². The van der Waals surface area contributed by atoms with Gasteiger partial charge in [-0.25, -0.2) is 9.78 Å². The molecule has 0 aliphatic carbocycles. The second-order valence-electron chi connectivity index (χ2n) is 6.57. The summed E-state index contributed by atoms with van der Waals surface area (Å²) in [5.41, 5.74) is 4.84. The van der Waals surface area contributed by atoms with Crippen molar-refractivity contribution >= 4 is 17.3 Å². The number of thiazole rings is 1. The van der Waals surface area contributed by atoms with Gasteiger partial charge in [0.2, 0.25) is 0 Å². The fourth-order valence-corrected chi connectivity index (χ4v) is 4.02. The summed E-state index contributed by atoms with van der Waals surface area (Å²) in [6.45, 7) is 0. The number of hydrogen-bond acceptors (Lipinski definition) is 5. The summed E-state index contributed by atoms with van der Waals surface area (Å²) >= 11 is 1.55. The van der Waals surface area contributed by atoms with E-state index in [1.165, 1.54) is 0 Å². The first kappa shape index (κ1) is 19.7. The Balaban J connectivity index is 1.67. The number of methoxy groups -OCH3 is 2. The fourth-order valence-electron chi connectivity index (χ4n) is 3.20. The number of carbonyl (C=O) groups is 1. The van der Waals surface area contributed by atoms with Gasteiger partial charge >= 0.3 is 5.97 Å². The van der Waals surface area contributed by atoms with Crippen molar-refractivity contribution in [1.82, 2.24) is 4.98 Å². The van der Waals surface area contributed by atoms with Gasteiger partial charge in [0, 0.05) is 16.5 Å². The van der Waals surface area contributed by atoms with Crippen LogP contribution in [0.5, 0.6) is 11.5 Å². The highest BCUT2D eigenvalue weighted by Gasteiger charge is 2.12. The van der Waals surface area contributed by atoms with Crippen molar-refractivity contribution in [1.29, 1.82) is 0 Å². The highest BCUT2D eigenvalue weighted by atomic mass is 32.1. The number of nitrogens with zero attached hydrogens (tertiary/aromatic N) is 1. The minimum absolute atomic E-state index is 0.266. The molecule has 0 spiro atoms. The number of rotatable bonds is 6. The largest absolute Gasteiger partial charge is 0.493 e. The minimum Gasteiger partial charge on any atom is -0.493 e. The molecule has 0 aliphatic heterocycles. The Morgan fingerprint density at radius 1 is 0.833 bits per heavy atom. The summed E-state index contributed by atoms with van der Waals surface area (Å²) in [4.78, 5) is 16.1. The predicted octanol–water partition coefficient (Wildman–Crippen LogP) is 5.86. The van der Waals surface area contributed by atoms with E-state index in [0.717, 1.165) is 33.0 Å². The quantitative estimate of drug-likeness (QED) is 0.426. The van der Waals surface area contributed by atoms with Gasteiger partial charge in [0.15, 0.2) is 11.5 Å². The topological polar surface area (TPSA) is 68.7 Å². The maximum atomic E-state index is 11.3. The molecule has 0 bridgehead atoms. The van der Waals surface area contributed by atoms with E-state index >= 15 is 0 Å². The van der Waals surface area contributed by atoms with E-state index in [2.05, 4.69) is 0 Å². The highest BCUT2D eigenvalue weighted by molar-refractivity contribution is 7.13. The number of hydrogen-bond donors (Lipinski definition) is 1. The van der Waals surface area contributed by atoms with E-state index in [1.54, 1.807) is 43.8 Å². The Bertz CT molecular complexity index is 1220. The van der Waals surface area contributed by atoms with Crippen molar-refractivity contribution in [3.8, 4) is 44.5 Å². The van der Waals surface area contributed by atoms with Gasteiger partial charge in [0.1, 0.15) is 5.01 Å². The first-order chi connectivity index (χ1) is 14.6. The van der Waals surface area contributed by atoms with E-state index in [1.807, 2.05) is 53.9 Å². The maximum Gasteiger partial charge on any atom is 0.335 e. The van der Waals surface area contributed by atoms with Crippen molar-refractivity contribution in [3.05, 3.63) is 77.7 Å². The van der Waals surface area contributed by atoms with E-state index < -0.39 is 5.97 Å². The first-order valence-electron chi connectivity index (χ1n) is 9.21. The van der Waals surface area contributed by atoms with Crippen LogP contribution in [-0.4, -0.2) is 30.3 Å². The van der Waals surface area contributed by atoms with Crippen molar-refractivity contribution in [3.63, 3.8) is 0 Å². The summed E-state index contributed by atoms with van der Waals surface area (Å²) in [5, 5.41) is 12.1. The Morgan fingerprint density at radius 2 is 1.53 bits per heavy atom. The minimum atomic E-state index is -0.938. The third kappa shape index (κ3) is 3.90. The summed E-state index contributed by atoms with van der Waals surface area (Å²) in [7, 11) is 3.22. The second-order valence-corrected chi connectivity index (χ2v) is 7.43. The fraction of sp³-hybridized carbons (Fsp3) is 0.0833. The van der Waals surface area contributed by atoms with Gasteiger partial charge in [0.05, 0.1) is 25.5 Å². The van der Waals surface area contributed by atoms with Gasteiger partial charge in [0.25, 0.3) is 0 Å². The van der Waals surface area contributed by atoms with Crippen molar-refractivity contribution < 1.29 is 19.4 Å². The van der Waals surface area contributed by atoms with Crippen LogP contribution in [-0.2, 0) is 0 Å². The Hall–Kier alpha value is -3.64. The Labute approximate surface area is 178 Å². The molecule has 0 aliphatic rings. The van der Waals surface area contributed by atoms with E-state index in [9.17, 15) is 9.90 Å². The highest BCUT2D eigenvalue weighted by Crippen LogP contribution is 2.35. The van der Waals surface area contributed by atoms with Gasteiger partial charge in [-0.15, -0.1) is 11.3 Å². The van der Waals surface area contributed by atoms with E-state index in [4.69, 9.17) is 14.5 Å². The first-order valence-corrected chi connectivity index (χ1v) is 10.1. The molecule has 1 N–H and O–H groups in total. The average molecular weight is 417 g/mol. The lowest BCUT2D eigenvalue weighted by Crippen LogP contribution is -1.95. The molecular weight excluding hydrogens is 398 g/mol. The van der Waals surface area contributed by atoms with E-state index in [0.29, 0.717) is 11.5 Å². The Morgan fingerprint density at radius 3 is 2.27 bits per heavy atom. The summed E-state index contributed by atoms with van der Waals surface area (Å²) in [6, 6.07) is 20.6. The standard InChI is InChI=1S/C24H19NO4S/c1-28-21-10-9-18(13-22(21)29-2)23-25-20(14-30-23)17-7-3-5-15(11-17)16-6-4-8-19(12-16)24(26)27/h3-14H,1-2H3,(H,26,27). The molecule has 6 heteroatoms. The molecule has 0 fully saturated rings. The van der Waals surface area contributed by atoms with Crippen molar-refractivity contribution in [2.24, 2.45) is 0 Å². The predicted molar refractivity (Wildman–Crippen MR) is 118 cm³/mol. The molecule has 0 atom stereocenters. The molecule has 4 aromatic rings. The van der Waals surface area contributed by atoms with Crippen molar-refractivity contribution in [2.45, 2.75) is 0 Å².